The number of amides is 1. The van der Waals surface area contributed by atoms with E-state index in [1.54, 1.807) is 13.3 Å². The van der Waals surface area contributed by atoms with Crippen molar-refractivity contribution >= 4 is 5.91 Å². The smallest absolute Gasteiger partial charge is 0.234 e. The molecule has 8 nitrogen and oxygen atoms in total. The van der Waals surface area contributed by atoms with E-state index in [0.717, 1.165) is 37.2 Å². The number of piperidine rings is 1. The third kappa shape index (κ3) is 4.83. The van der Waals surface area contributed by atoms with Crippen molar-refractivity contribution in [2.75, 3.05) is 26.7 Å². The zero-order valence-electron chi connectivity index (χ0n) is 17.0. The summed E-state index contributed by atoms with van der Waals surface area (Å²) < 4.78 is 10.8. The van der Waals surface area contributed by atoms with Crippen LogP contribution in [0.15, 0.2) is 53.2 Å². The number of methoxy groups -OCH3 is 1. The summed E-state index contributed by atoms with van der Waals surface area (Å²) in [7, 11) is 1.63. The highest BCUT2D eigenvalue weighted by Crippen LogP contribution is 2.28. The van der Waals surface area contributed by atoms with Crippen molar-refractivity contribution in [3.63, 3.8) is 0 Å². The molecule has 1 N–H and O–H groups in total. The fourth-order valence-corrected chi connectivity index (χ4v) is 3.64. The number of hydrogen-bond donors (Lipinski definition) is 1. The Hall–Kier alpha value is -3.26. The van der Waals surface area contributed by atoms with E-state index in [2.05, 4.69) is 25.3 Å². The van der Waals surface area contributed by atoms with Crippen molar-refractivity contribution in [3.05, 3.63) is 60.1 Å². The lowest BCUT2D eigenvalue weighted by atomic mass is 9.97. The predicted octanol–water partition coefficient (Wildman–Crippen LogP) is 2.64. The van der Waals surface area contributed by atoms with Crippen LogP contribution in [0.5, 0.6) is 5.75 Å². The van der Waals surface area contributed by atoms with E-state index in [1.807, 2.05) is 42.5 Å². The Kier molecular flexibility index (Phi) is 6.34. The van der Waals surface area contributed by atoms with Crippen LogP contribution < -0.4 is 10.1 Å². The third-order valence-electron chi connectivity index (χ3n) is 5.31. The molecule has 0 saturated carbocycles. The van der Waals surface area contributed by atoms with E-state index in [-0.39, 0.29) is 11.8 Å². The number of aromatic nitrogens is 3. The van der Waals surface area contributed by atoms with Crippen molar-refractivity contribution in [1.29, 1.82) is 0 Å². The summed E-state index contributed by atoms with van der Waals surface area (Å²) in [6, 6.07) is 13.3. The van der Waals surface area contributed by atoms with Crippen LogP contribution >= 0.6 is 0 Å². The molecule has 8 heteroatoms. The van der Waals surface area contributed by atoms with E-state index >= 15 is 0 Å². The molecular weight excluding hydrogens is 382 g/mol. The Labute approximate surface area is 175 Å². The van der Waals surface area contributed by atoms with Gasteiger partial charge in [0.1, 0.15) is 11.4 Å². The van der Waals surface area contributed by atoms with Gasteiger partial charge in [-0.3, -0.25) is 14.7 Å². The predicted molar refractivity (Wildman–Crippen MR) is 111 cm³/mol. The minimum Gasteiger partial charge on any atom is -0.496 e. The third-order valence-corrected chi connectivity index (χ3v) is 5.31. The second-order valence-electron chi connectivity index (χ2n) is 7.31. The molecule has 156 valence electrons. The normalized spacial score (nSPS) is 15.1. The Morgan fingerprint density at radius 1 is 1.20 bits per heavy atom. The van der Waals surface area contributed by atoms with Crippen LogP contribution in [0.4, 0.5) is 0 Å². The monoisotopic (exact) mass is 407 g/mol. The number of nitrogens with one attached hydrogen (secondary N) is 1. The fourth-order valence-electron chi connectivity index (χ4n) is 3.64. The van der Waals surface area contributed by atoms with Crippen LogP contribution in [0.25, 0.3) is 11.5 Å². The molecule has 0 aliphatic carbocycles. The molecule has 1 aliphatic heterocycles. The standard InChI is InChI=1S/C22H25N5O3/c1-29-19-8-3-2-6-17(19)14-24-20(28)15-27-12-9-16(10-13-27)22-25-21(26-30-22)18-7-4-5-11-23-18/h2-8,11,16H,9-10,12-15H2,1H3,(H,24,28). The van der Waals surface area contributed by atoms with Gasteiger partial charge < -0.3 is 14.6 Å². The number of hydrogen-bond acceptors (Lipinski definition) is 7. The summed E-state index contributed by atoms with van der Waals surface area (Å²) in [6.45, 7) is 2.46. The van der Waals surface area contributed by atoms with E-state index in [9.17, 15) is 4.79 Å². The van der Waals surface area contributed by atoms with Crippen LogP contribution in [0.1, 0.15) is 30.2 Å². The highest BCUT2D eigenvalue weighted by Gasteiger charge is 2.26. The molecule has 30 heavy (non-hydrogen) atoms. The van der Waals surface area contributed by atoms with E-state index < -0.39 is 0 Å². The number of rotatable bonds is 7. The molecule has 0 unspecified atom stereocenters. The zero-order valence-corrected chi connectivity index (χ0v) is 17.0. The van der Waals surface area contributed by atoms with Gasteiger partial charge in [-0.15, -0.1) is 0 Å². The molecule has 0 bridgehead atoms. The molecule has 1 fully saturated rings. The first kappa shape index (κ1) is 20.0. The maximum absolute atomic E-state index is 12.4. The Balaban J connectivity index is 1.25. The van der Waals surface area contributed by atoms with Crippen LogP contribution in [-0.4, -0.2) is 52.7 Å². The van der Waals surface area contributed by atoms with Crippen molar-refractivity contribution in [1.82, 2.24) is 25.3 Å². The molecule has 3 aromatic rings. The minimum absolute atomic E-state index is 0.00887. The van der Waals surface area contributed by atoms with Gasteiger partial charge >= 0.3 is 0 Å². The minimum atomic E-state index is 0.00887. The number of pyridine rings is 1. The largest absolute Gasteiger partial charge is 0.496 e. The SMILES string of the molecule is COc1ccccc1CNC(=O)CN1CCC(c2nc(-c3ccccn3)no2)CC1. The van der Waals surface area contributed by atoms with Crippen LogP contribution in [0.3, 0.4) is 0 Å². The molecule has 3 heterocycles. The molecule has 4 rings (SSSR count). The number of para-hydroxylation sites is 1. The molecule has 0 spiro atoms. The zero-order chi connectivity index (χ0) is 20.8. The maximum atomic E-state index is 12.4. The maximum Gasteiger partial charge on any atom is 0.234 e. The van der Waals surface area contributed by atoms with Gasteiger partial charge in [-0.2, -0.15) is 4.98 Å². The van der Waals surface area contributed by atoms with Crippen molar-refractivity contribution in [2.45, 2.75) is 25.3 Å². The van der Waals surface area contributed by atoms with Crippen molar-refractivity contribution < 1.29 is 14.1 Å². The quantitative estimate of drug-likeness (QED) is 0.643. The highest BCUT2D eigenvalue weighted by molar-refractivity contribution is 5.78. The topological polar surface area (TPSA) is 93.4 Å². The molecule has 1 aromatic carbocycles. The molecule has 0 atom stereocenters. The lowest BCUT2D eigenvalue weighted by Gasteiger charge is -2.29. The summed E-state index contributed by atoms with van der Waals surface area (Å²) in [5.41, 5.74) is 1.67. The number of carbonyl (C=O) groups is 1. The first-order valence-corrected chi connectivity index (χ1v) is 10.1. The summed E-state index contributed by atoms with van der Waals surface area (Å²) in [4.78, 5) is 23.3. The Bertz CT molecular complexity index is 968. The lowest BCUT2D eigenvalue weighted by Crippen LogP contribution is -2.41. The molecule has 1 amide bonds. The number of likely N-dealkylation sites (tertiary alicyclic amines) is 1. The number of ether oxygens (including phenoxy) is 1. The molecule has 0 radical (unpaired) electrons. The van der Waals surface area contributed by atoms with Crippen LogP contribution in [-0.2, 0) is 11.3 Å². The summed E-state index contributed by atoms with van der Waals surface area (Å²) in [5, 5.41) is 7.04. The number of nitrogens with zero attached hydrogens (tertiary/aromatic N) is 4. The Morgan fingerprint density at radius 3 is 2.77 bits per heavy atom. The molecule has 1 saturated heterocycles. The fraction of sp³-hybridized carbons (Fsp3) is 0.364. The van der Waals surface area contributed by atoms with Gasteiger partial charge in [0.15, 0.2) is 0 Å². The average molecular weight is 407 g/mol. The molecule has 1 aliphatic rings. The molecular formula is C22H25N5O3. The van der Waals surface area contributed by atoms with Gasteiger partial charge in [-0.25, -0.2) is 0 Å². The van der Waals surface area contributed by atoms with Gasteiger partial charge in [0, 0.05) is 24.2 Å². The first-order chi connectivity index (χ1) is 14.7. The van der Waals surface area contributed by atoms with Gasteiger partial charge in [0.25, 0.3) is 0 Å². The second kappa shape index (κ2) is 9.49. The molecule has 2 aromatic heterocycles. The highest BCUT2D eigenvalue weighted by atomic mass is 16.5. The van der Waals surface area contributed by atoms with Crippen molar-refractivity contribution in [3.8, 4) is 17.3 Å². The second-order valence-corrected chi connectivity index (χ2v) is 7.31. The number of carbonyl (C=O) groups excluding carboxylic acids is 1. The number of benzene rings is 1. The lowest BCUT2D eigenvalue weighted by molar-refractivity contribution is -0.122. The summed E-state index contributed by atoms with van der Waals surface area (Å²) in [5.74, 6) is 2.17. The van der Waals surface area contributed by atoms with Crippen LogP contribution in [0, 0.1) is 0 Å². The van der Waals surface area contributed by atoms with Gasteiger partial charge in [0.2, 0.25) is 17.6 Å². The van der Waals surface area contributed by atoms with Crippen molar-refractivity contribution in [2.24, 2.45) is 0 Å². The first-order valence-electron chi connectivity index (χ1n) is 10.1. The van der Waals surface area contributed by atoms with E-state index in [0.29, 0.717) is 30.5 Å². The van der Waals surface area contributed by atoms with Gasteiger partial charge in [0.05, 0.1) is 13.7 Å². The van der Waals surface area contributed by atoms with Gasteiger partial charge in [-0.05, 0) is 44.1 Å². The van der Waals surface area contributed by atoms with E-state index in [1.165, 1.54) is 0 Å². The Morgan fingerprint density at radius 2 is 2.00 bits per heavy atom. The average Bonchev–Trinajstić information content (AvgIpc) is 3.29. The van der Waals surface area contributed by atoms with Gasteiger partial charge in [-0.1, -0.05) is 29.4 Å². The summed E-state index contributed by atoms with van der Waals surface area (Å²) >= 11 is 0. The van der Waals surface area contributed by atoms with Crippen LogP contribution in [0.2, 0.25) is 0 Å². The van der Waals surface area contributed by atoms with E-state index in [4.69, 9.17) is 9.26 Å². The summed E-state index contributed by atoms with van der Waals surface area (Å²) in [6.07, 6.45) is 3.47.